The molecule has 0 fully saturated rings. The van der Waals surface area contributed by atoms with Crippen LogP contribution in [0.15, 0.2) is 201 Å². The monoisotopic (exact) mass is 1100 g/mol. The molecule has 3 heterocycles. The fraction of sp³-hybridized carbons (Fsp3) is 0.149. The van der Waals surface area contributed by atoms with Gasteiger partial charge in [0.15, 0.2) is 0 Å². The van der Waals surface area contributed by atoms with E-state index >= 15 is 0 Å². The Hall–Kier alpha value is -7.36. The fourth-order valence-corrected chi connectivity index (χ4v) is 9.12. The summed E-state index contributed by atoms with van der Waals surface area (Å²) in [6.07, 6.45) is 9.43. The largest absolute Gasteiger partial charge is 3.00 e. The zero-order valence-electron chi connectivity index (χ0n) is 41.1. The molecule has 0 saturated carbocycles. The maximum atomic E-state index is 4.97. The predicted molar refractivity (Wildman–Crippen MR) is 290 cm³/mol. The Morgan fingerprint density at radius 1 is 0.366 bits per heavy atom. The molecule has 3 nitrogen and oxygen atoms in total. The first kappa shape index (κ1) is 48.7. The first-order chi connectivity index (χ1) is 34.1. The average Bonchev–Trinajstić information content (AvgIpc) is 3.40. The van der Waals surface area contributed by atoms with Gasteiger partial charge in [-0.25, -0.2) is 0 Å². The van der Waals surface area contributed by atoms with Crippen molar-refractivity contribution in [3.63, 3.8) is 0 Å². The average molecular weight is 1100 g/mol. The number of benzene rings is 7. The van der Waals surface area contributed by atoms with E-state index in [0.717, 1.165) is 92.8 Å². The SMILES string of the molecule is Cc1ccc(-c2[c-]cc(CCc3cc(CCc4c[c-]c(-c5ccc(C)cn5)cc4)cc(-c4ccccc4-c4c[c-]c(-c5ccc(C(C)(C)C)cn5)cc4-c4ccc(-c5ccccc5)cc4)c3)cc2)nc1.[Ir+3]. The molecule has 0 amide bonds. The molecule has 0 aliphatic heterocycles. The number of hydrogen-bond donors (Lipinski definition) is 0. The Morgan fingerprint density at radius 3 is 1.38 bits per heavy atom. The first-order valence-electron chi connectivity index (χ1n) is 24.4. The van der Waals surface area contributed by atoms with Gasteiger partial charge in [0.05, 0.1) is 0 Å². The summed E-state index contributed by atoms with van der Waals surface area (Å²) in [5, 5.41) is 0. The zero-order valence-corrected chi connectivity index (χ0v) is 43.5. The molecule has 0 aliphatic carbocycles. The third-order valence-corrected chi connectivity index (χ3v) is 13.3. The van der Waals surface area contributed by atoms with Crippen LogP contribution in [0.4, 0.5) is 0 Å². The summed E-state index contributed by atoms with van der Waals surface area (Å²) in [7, 11) is 0. The Labute approximate surface area is 434 Å². The van der Waals surface area contributed by atoms with E-state index in [1.165, 1.54) is 50.1 Å². The molecule has 10 rings (SSSR count). The van der Waals surface area contributed by atoms with Crippen molar-refractivity contribution in [1.29, 1.82) is 0 Å². The molecule has 348 valence electrons. The van der Waals surface area contributed by atoms with Crippen LogP contribution >= 0.6 is 0 Å². The topological polar surface area (TPSA) is 38.7 Å². The van der Waals surface area contributed by atoms with Crippen molar-refractivity contribution in [3.8, 4) is 78.3 Å². The van der Waals surface area contributed by atoms with Crippen LogP contribution in [-0.4, -0.2) is 15.0 Å². The molecule has 0 spiro atoms. The van der Waals surface area contributed by atoms with Crippen LogP contribution < -0.4 is 0 Å². The van der Waals surface area contributed by atoms with Gasteiger partial charge >= 0.3 is 20.1 Å². The maximum absolute atomic E-state index is 4.97. The molecule has 7 aromatic carbocycles. The van der Waals surface area contributed by atoms with Crippen LogP contribution in [0.2, 0.25) is 0 Å². The third kappa shape index (κ3) is 11.6. The van der Waals surface area contributed by atoms with Crippen molar-refractivity contribution in [2.24, 2.45) is 0 Å². The van der Waals surface area contributed by atoms with Crippen LogP contribution in [0, 0.1) is 32.0 Å². The zero-order chi connectivity index (χ0) is 48.0. The molecule has 3 aromatic heterocycles. The van der Waals surface area contributed by atoms with Gasteiger partial charge in [-0.1, -0.05) is 184 Å². The Bertz CT molecular complexity index is 3240. The third-order valence-electron chi connectivity index (χ3n) is 13.3. The van der Waals surface area contributed by atoms with Gasteiger partial charge in [0, 0.05) is 18.6 Å². The second-order valence-electron chi connectivity index (χ2n) is 19.5. The number of rotatable bonds is 13. The minimum absolute atomic E-state index is 0. The van der Waals surface area contributed by atoms with Crippen LogP contribution in [0.5, 0.6) is 0 Å². The van der Waals surface area contributed by atoms with Gasteiger partial charge in [0.25, 0.3) is 0 Å². The summed E-state index contributed by atoms with van der Waals surface area (Å²) in [4.78, 5) is 14.2. The van der Waals surface area contributed by atoms with E-state index < -0.39 is 0 Å². The second-order valence-corrected chi connectivity index (χ2v) is 19.5. The summed E-state index contributed by atoms with van der Waals surface area (Å²) in [5.74, 6) is 0. The molecule has 0 atom stereocenters. The number of pyridine rings is 3. The molecule has 71 heavy (non-hydrogen) atoms. The quantitative estimate of drug-likeness (QED) is 0.108. The fourth-order valence-electron chi connectivity index (χ4n) is 9.12. The normalized spacial score (nSPS) is 11.3. The standard InChI is InChI=1S/C67H56N3.Ir/c1-46-15-36-64(68-43-46)55-25-21-48(22-26-55)17-19-50-39-51(20-18-49-23-27-56(28-24-49)65-37-16-47(2)44-69-65)41-58(40-50)60-13-9-10-14-61(60)62-35-33-57(66-38-34-59(45-70-66)67(3,4)5)42-63(62)54-31-29-53(30-32-54)52-11-7-6-8-12-52;/h6-16,21-25,27,29-32,34-45H,17-20H2,1-5H3;/q-3;+3. The molecular weight excluding hydrogens is 1040 g/mol. The summed E-state index contributed by atoms with van der Waals surface area (Å²) in [6.45, 7) is 10.8. The minimum atomic E-state index is 0. The van der Waals surface area contributed by atoms with E-state index in [1.807, 2.05) is 18.6 Å². The van der Waals surface area contributed by atoms with Crippen molar-refractivity contribution in [3.05, 3.63) is 258 Å². The van der Waals surface area contributed by atoms with E-state index in [2.05, 4.69) is 245 Å². The summed E-state index contributed by atoms with van der Waals surface area (Å²) in [6, 6.07) is 76.5. The molecule has 0 unspecified atom stereocenters. The molecular formula is C67H56IrN3. The Morgan fingerprint density at radius 2 is 0.859 bits per heavy atom. The van der Waals surface area contributed by atoms with Crippen molar-refractivity contribution in [2.45, 2.75) is 65.7 Å². The van der Waals surface area contributed by atoms with Gasteiger partial charge in [-0.05, 0) is 105 Å². The number of nitrogens with zero attached hydrogens (tertiary/aromatic N) is 3. The maximum Gasteiger partial charge on any atom is 3.00 e. The predicted octanol–water partition coefficient (Wildman–Crippen LogP) is 16.4. The number of aryl methyl sites for hydroxylation is 6. The summed E-state index contributed by atoms with van der Waals surface area (Å²) >= 11 is 0. The van der Waals surface area contributed by atoms with E-state index in [4.69, 9.17) is 4.98 Å². The van der Waals surface area contributed by atoms with Crippen LogP contribution in [0.3, 0.4) is 0 Å². The molecule has 0 bridgehead atoms. The van der Waals surface area contributed by atoms with Crippen molar-refractivity contribution < 1.29 is 20.1 Å². The smallest absolute Gasteiger partial charge is 0.304 e. The van der Waals surface area contributed by atoms with Gasteiger partial charge in [-0.2, -0.15) is 0 Å². The van der Waals surface area contributed by atoms with E-state index in [0.29, 0.717) is 0 Å². The molecule has 0 N–H and O–H groups in total. The van der Waals surface area contributed by atoms with E-state index in [-0.39, 0.29) is 25.5 Å². The first-order valence-corrected chi connectivity index (χ1v) is 24.4. The van der Waals surface area contributed by atoms with E-state index in [1.54, 1.807) is 0 Å². The van der Waals surface area contributed by atoms with Crippen molar-refractivity contribution in [1.82, 2.24) is 15.0 Å². The van der Waals surface area contributed by atoms with Gasteiger partial charge in [0.1, 0.15) is 0 Å². The summed E-state index contributed by atoms with van der Waals surface area (Å²) in [5.41, 5.74) is 23.8. The van der Waals surface area contributed by atoms with Crippen LogP contribution in [0.25, 0.3) is 78.3 Å². The van der Waals surface area contributed by atoms with Gasteiger partial charge < -0.3 is 15.0 Å². The number of hydrogen-bond acceptors (Lipinski definition) is 3. The van der Waals surface area contributed by atoms with Crippen molar-refractivity contribution in [2.75, 3.05) is 0 Å². The Balaban J connectivity index is 0.00000624. The summed E-state index contributed by atoms with van der Waals surface area (Å²) < 4.78 is 0. The van der Waals surface area contributed by atoms with Gasteiger partial charge in [0.2, 0.25) is 0 Å². The molecule has 0 radical (unpaired) electrons. The minimum Gasteiger partial charge on any atom is -0.304 e. The molecule has 0 aliphatic rings. The van der Waals surface area contributed by atoms with Crippen LogP contribution in [0.1, 0.15) is 59.7 Å². The molecule has 0 saturated heterocycles. The van der Waals surface area contributed by atoms with Gasteiger partial charge in [-0.15, -0.1) is 94.5 Å². The molecule has 4 heteroatoms. The van der Waals surface area contributed by atoms with E-state index in [9.17, 15) is 0 Å². The number of aromatic nitrogens is 3. The Kier molecular flexibility index (Phi) is 14.9. The second kappa shape index (κ2) is 21.7. The van der Waals surface area contributed by atoms with Gasteiger partial charge in [-0.3, -0.25) is 0 Å². The molecule has 10 aromatic rings. The van der Waals surface area contributed by atoms with Crippen LogP contribution in [-0.2, 0) is 51.2 Å². The van der Waals surface area contributed by atoms with Crippen molar-refractivity contribution >= 4 is 0 Å².